The molecule has 1 saturated heterocycles. The van der Waals surface area contributed by atoms with Crippen molar-refractivity contribution in [3.8, 4) is 11.4 Å². The summed E-state index contributed by atoms with van der Waals surface area (Å²) in [6, 6.07) is 1.95. The number of amides is 1. The van der Waals surface area contributed by atoms with E-state index in [-0.39, 0.29) is 23.7 Å². The maximum Gasteiger partial charge on any atom is 0.227 e. The molecular weight excluding hydrogens is 348 g/mol. The molecule has 3 rings (SSSR count). The molecule has 1 amide bonds. The highest BCUT2D eigenvalue weighted by Crippen LogP contribution is 2.26. The van der Waals surface area contributed by atoms with Gasteiger partial charge in [-0.15, -0.1) is 12.4 Å². The standard InChI is InChI=1S/C16H22N4O2S.ClH/c1-16(5-7-17-8-6-16)11-18-13(21)2-3-14-19-15(20-22-14)12-4-9-23-10-12;/h4,9-10,17H,2-3,5-8,11H2,1H3,(H,18,21);1H. The molecule has 0 bridgehead atoms. The zero-order valence-electron chi connectivity index (χ0n) is 13.7. The lowest BCUT2D eigenvalue weighted by Gasteiger charge is -2.34. The predicted octanol–water partition coefficient (Wildman–Crippen LogP) is 2.66. The number of halogens is 1. The normalized spacial score (nSPS) is 16.4. The van der Waals surface area contributed by atoms with Crippen LogP contribution >= 0.6 is 23.7 Å². The van der Waals surface area contributed by atoms with Crippen LogP contribution in [0.15, 0.2) is 21.3 Å². The fourth-order valence-corrected chi connectivity index (χ4v) is 3.33. The number of aryl methyl sites for hydroxylation is 1. The first-order valence-corrected chi connectivity index (χ1v) is 8.91. The maximum atomic E-state index is 12.0. The van der Waals surface area contributed by atoms with Crippen molar-refractivity contribution in [2.75, 3.05) is 19.6 Å². The molecule has 0 aromatic carbocycles. The highest BCUT2D eigenvalue weighted by atomic mass is 35.5. The molecule has 2 aromatic rings. The van der Waals surface area contributed by atoms with Crippen LogP contribution < -0.4 is 10.6 Å². The average Bonchev–Trinajstić information content (AvgIpc) is 3.23. The minimum Gasteiger partial charge on any atom is -0.356 e. The van der Waals surface area contributed by atoms with Gasteiger partial charge in [-0.05, 0) is 42.8 Å². The number of carbonyl (C=O) groups is 1. The first kappa shape index (κ1) is 18.9. The van der Waals surface area contributed by atoms with Gasteiger partial charge in [0, 0.05) is 30.3 Å². The molecule has 1 aliphatic heterocycles. The summed E-state index contributed by atoms with van der Waals surface area (Å²) in [4.78, 5) is 16.4. The van der Waals surface area contributed by atoms with Crippen molar-refractivity contribution in [1.82, 2.24) is 20.8 Å². The van der Waals surface area contributed by atoms with Gasteiger partial charge in [-0.2, -0.15) is 16.3 Å². The van der Waals surface area contributed by atoms with Crippen LogP contribution in [-0.2, 0) is 11.2 Å². The molecule has 6 nitrogen and oxygen atoms in total. The third-order valence-electron chi connectivity index (χ3n) is 4.34. The summed E-state index contributed by atoms with van der Waals surface area (Å²) in [6.07, 6.45) is 3.04. The van der Waals surface area contributed by atoms with Crippen LogP contribution in [0.2, 0.25) is 0 Å². The van der Waals surface area contributed by atoms with Crippen molar-refractivity contribution in [3.05, 3.63) is 22.7 Å². The van der Waals surface area contributed by atoms with E-state index >= 15 is 0 Å². The van der Waals surface area contributed by atoms with Crippen molar-refractivity contribution >= 4 is 29.7 Å². The molecule has 3 heterocycles. The number of thiophene rings is 1. The zero-order chi connectivity index (χ0) is 16.1. The summed E-state index contributed by atoms with van der Waals surface area (Å²) >= 11 is 1.59. The van der Waals surface area contributed by atoms with Gasteiger partial charge in [-0.3, -0.25) is 4.79 Å². The van der Waals surface area contributed by atoms with Crippen molar-refractivity contribution < 1.29 is 9.32 Å². The average molecular weight is 371 g/mol. The summed E-state index contributed by atoms with van der Waals surface area (Å²) in [5.41, 5.74) is 1.16. The monoisotopic (exact) mass is 370 g/mol. The van der Waals surface area contributed by atoms with E-state index in [1.54, 1.807) is 11.3 Å². The smallest absolute Gasteiger partial charge is 0.227 e. The van der Waals surface area contributed by atoms with Gasteiger partial charge in [0.15, 0.2) is 0 Å². The fraction of sp³-hybridized carbons (Fsp3) is 0.562. The first-order chi connectivity index (χ1) is 11.1. The Balaban J connectivity index is 0.00000208. The van der Waals surface area contributed by atoms with Crippen molar-refractivity contribution in [2.45, 2.75) is 32.6 Å². The van der Waals surface area contributed by atoms with Gasteiger partial charge >= 0.3 is 0 Å². The van der Waals surface area contributed by atoms with Gasteiger partial charge in [0.25, 0.3) is 0 Å². The molecule has 8 heteroatoms. The Morgan fingerprint density at radius 2 is 2.25 bits per heavy atom. The Hall–Kier alpha value is -1.44. The van der Waals surface area contributed by atoms with Gasteiger partial charge in [0.2, 0.25) is 17.6 Å². The lowest BCUT2D eigenvalue weighted by atomic mass is 9.81. The lowest BCUT2D eigenvalue weighted by molar-refractivity contribution is -0.121. The van der Waals surface area contributed by atoms with Gasteiger partial charge in [-0.25, -0.2) is 0 Å². The van der Waals surface area contributed by atoms with E-state index in [0.717, 1.165) is 38.0 Å². The van der Waals surface area contributed by atoms with Gasteiger partial charge in [-0.1, -0.05) is 12.1 Å². The molecule has 2 aromatic heterocycles. The van der Waals surface area contributed by atoms with Crippen molar-refractivity contribution in [3.63, 3.8) is 0 Å². The Kier molecular flexibility index (Phi) is 6.77. The number of nitrogens with zero attached hydrogens (tertiary/aromatic N) is 2. The minimum atomic E-state index is 0. The number of nitrogens with one attached hydrogen (secondary N) is 2. The Labute approximate surface area is 151 Å². The zero-order valence-corrected chi connectivity index (χ0v) is 15.3. The minimum absolute atomic E-state index is 0. The number of piperidine rings is 1. The number of hydrogen-bond donors (Lipinski definition) is 2. The van der Waals surface area contributed by atoms with E-state index in [1.165, 1.54) is 0 Å². The molecule has 1 fully saturated rings. The summed E-state index contributed by atoms with van der Waals surface area (Å²) < 4.78 is 5.21. The van der Waals surface area contributed by atoms with E-state index in [2.05, 4.69) is 27.7 Å². The van der Waals surface area contributed by atoms with Crippen molar-refractivity contribution in [1.29, 1.82) is 0 Å². The molecule has 2 N–H and O–H groups in total. The third-order valence-corrected chi connectivity index (χ3v) is 5.02. The fourth-order valence-electron chi connectivity index (χ4n) is 2.69. The largest absolute Gasteiger partial charge is 0.356 e. The Bertz CT molecular complexity index is 638. The van der Waals surface area contributed by atoms with Crippen LogP contribution in [0, 0.1) is 5.41 Å². The van der Waals surface area contributed by atoms with Crippen LogP contribution in [0.1, 0.15) is 32.1 Å². The molecule has 132 valence electrons. The van der Waals surface area contributed by atoms with Crippen LogP contribution in [0.25, 0.3) is 11.4 Å². The highest BCUT2D eigenvalue weighted by Gasteiger charge is 2.26. The topological polar surface area (TPSA) is 80.1 Å². The van der Waals surface area contributed by atoms with Gasteiger partial charge in [0.05, 0.1) is 0 Å². The quantitative estimate of drug-likeness (QED) is 0.817. The SMILES string of the molecule is CC1(CNC(=O)CCc2nc(-c3ccsc3)no2)CCNCC1.Cl. The Morgan fingerprint density at radius 3 is 2.96 bits per heavy atom. The molecule has 0 saturated carbocycles. The molecular formula is C16H23ClN4O2S. The van der Waals surface area contributed by atoms with E-state index in [0.29, 0.717) is 24.6 Å². The Morgan fingerprint density at radius 1 is 1.46 bits per heavy atom. The second-order valence-corrected chi connectivity index (χ2v) is 7.14. The molecule has 0 aliphatic carbocycles. The molecule has 0 atom stereocenters. The van der Waals surface area contributed by atoms with E-state index in [4.69, 9.17) is 4.52 Å². The number of aromatic nitrogens is 2. The van der Waals surface area contributed by atoms with Crippen LogP contribution in [0.5, 0.6) is 0 Å². The number of hydrogen-bond acceptors (Lipinski definition) is 6. The number of rotatable bonds is 6. The third kappa shape index (κ3) is 5.03. The predicted molar refractivity (Wildman–Crippen MR) is 96.4 cm³/mol. The maximum absolute atomic E-state index is 12.0. The van der Waals surface area contributed by atoms with Crippen LogP contribution in [-0.4, -0.2) is 35.7 Å². The molecule has 0 radical (unpaired) electrons. The second-order valence-electron chi connectivity index (χ2n) is 6.36. The lowest BCUT2D eigenvalue weighted by Crippen LogP contribution is -2.42. The molecule has 0 spiro atoms. The van der Waals surface area contributed by atoms with E-state index in [9.17, 15) is 4.79 Å². The van der Waals surface area contributed by atoms with Gasteiger partial charge < -0.3 is 15.2 Å². The van der Waals surface area contributed by atoms with E-state index < -0.39 is 0 Å². The first-order valence-electron chi connectivity index (χ1n) is 7.97. The van der Waals surface area contributed by atoms with Crippen LogP contribution in [0.4, 0.5) is 0 Å². The molecule has 24 heavy (non-hydrogen) atoms. The van der Waals surface area contributed by atoms with Crippen molar-refractivity contribution in [2.24, 2.45) is 5.41 Å². The van der Waals surface area contributed by atoms with E-state index in [1.807, 2.05) is 16.8 Å². The summed E-state index contributed by atoms with van der Waals surface area (Å²) in [6.45, 7) is 5.02. The second kappa shape index (κ2) is 8.60. The van der Waals surface area contributed by atoms with Gasteiger partial charge in [0.1, 0.15) is 0 Å². The summed E-state index contributed by atoms with van der Waals surface area (Å²) in [5.74, 6) is 1.14. The summed E-state index contributed by atoms with van der Waals surface area (Å²) in [5, 5.41) is 14.3. The highest BCUT2D eigenvalue weighted by molar-refractivity contribution is 7.08. The number of carbonyl (C=O) groups excluding carboxylic acids is 1. The molecule has 1 aliphatic rings. The summed E-state index contributed by atoms with van der Waals surface area (Å²) in [7, 11) is 0. The molecule has 0 unspecified atom stereocenters. The van der Waals surface area contributed by atoms with Crippen LogP contribution in [0.3, 0.4) is 0 Å².